The summed E-state index contributed by atoms with van der Waals surface area (Å²) in [6.07, 6.45) is 0. The zero-order valence-corrected chi connectivity index (χ0v) is 15.7. The molecule has 0 aromatic heterocycles. The minimum atomic E-state index is -0.557. The number of methoxy groups -OCH3 is 1. The average Bonchev–Trinajstić information content (AvgIpc) is 2.68. The number of rotatable bonds is 6. The van der Waals surface area contributed by atoms with Crippen molar-refractivity contribution in [2.24, 2.45) is 0 Å². The van der Waals surface area contributed by atoms with Crippen molar-refractivity contribution in [3.63, 3.8) is 0 Å². The van der Waals surface area contributed by atoms with E-state index in [1.165, 1.54) is 0 Å². The van der Waals surface area contributed by atoms with Crippen molar-refractivity contribution in [2.45, 2.75) is 26.8 Å². The second-order valence-electron chi connectivity index (χ2n) is 6.63. The highest BCUT2D eigenvalue weighted by atomic mass is 16.5. The Hall–Kier alpha value is -3.28. The van der Waals surface area contributed by atoms with Gasteiger partial charge >= 0.3 is 0 Å². The van der Waals surface area contributed by atoms with Crippen LogP contribution < -0.4 is 26.2 Å². The number of aromatic hydroxyl groups is 1. The van der Waals surface area contributed by atoms with Crippen LogP contribution in [0.3, 0.4) is 0 Å². The lowest BCUT2D eigenvalue weighted by Gasteiger charge is -2.20. The lowest BCUT2D eigenvalue weighted by Crippen LogP contribution is -2.37. The van der Waals surface area contributed by atoms with Gasteiger partial charge in [0.15, 0.2) is 0 Å². The van der Waals surface area contributed by atoms with E-state index in [2.05, 4.69) is 10.6 Å². The first kappa shape index (κ1) is 18.5. The quantitative estimate of drug-likeness (QED) is 0.457. The van der Waals surface area contributed by atoms with Gasteiger partial charge in [-0.25, -0.2) is 0 Å². The highest BCUT2D eigenvalue weighted by Crippen LogP contribution is 2.30. The second kappa shape index (κ2) is 7.15. The summed E-state index contributed by atoms with van der Waals surface area (Å²) in [6, 6.07) is 10.8. The molecule has 3 N–H and O–H groups in total. The first-order valence-electron chi connectivity index (χ1n) is 8.62. The van der Waals surface area contributed by atoms with Crippen molar-refractivity contribution in [3.8, 4) is 11.5 Å². The molecule has 0 heterocycles. The van der Waals surface area contributed by atoms with Crippen LogP contribution in [-0.2, 0) is 0 Å². The second-order valence-corrected chi connectivity index (χ2v) is 6.63. The van der Waals surface area contributed by atoms with Crippen molar-refractivity contribution in [1.82, 2.24) is 0 Å². The molecule has 0 spiro atoms. The van der Waals surface area contributed by atoms with E-state index in [0.717, 1.165) is 11.3 Å². The Morgan fingerprint density at radius 3 is 2.26 bits per heavy atom. The third kappa shape index (κ3) is 3.51. The highest BCUT2D eigenvalue weighted by molar-refractivity contribution is 5.79. The predicted octanol–water partition coefficient (Wildman–Crippen LogP) is 3.53. The van der Waals surface area contributed by atoms with E-state index in [0.29, 0.717) is 16.8 Å². The third-order valence-electron chi connectivity index (χ3n) is 4.63. The molecule has 0 bridgehead atoms. The fourth-order valence-electron chi connectivity index (χ4n) is 3.03. The summed E-state index contributed by atoms with van der Waals surface area (Å²) in [4.78, 5) is 24.1. The van der Waals surface area contributed by atoms with E-state index in [4.69, 9.17) is 4.74 Å². The van der Waals surface area contributed by atoms with Crippen LogP contribution in [0.5, 0.6) is 11.5 Å². The minimum Gasteiger partial charge on any atom is -0.507 e. The highest BCUT2D eigenvalue weighted by Gasteiger charge is 2.23. The topological polar surface area (TPSA) is 87.7 Å². The van der Waals surface area contributed by atoms with E-state index in [-0.39, 0.29) is 23.2 Å². The molecule has 0 radical (unpaired) electrons. The maximum Gasteiger partial charge on any atom is 0.253 e. The van der Waals surface area contributed by atoms with Gasteiger partial charge in [0.1, 0.15) is 22.9 Å². The maximum atomic E-state index is 12.1. The maximum absolute atomic E-state index is 12.1. The Labute approximate surface area is 157 Å². The summed E-state index contributed by atoms with van der Waals surface area (Å²) >= 11 is 0. The number of phenolic OH excluding ortho intramolecular Hbond substituents is 1. The van der Waals surface area contributed by atoms with Crippen molar-refractivity contribution in [1.29, 1.82) is 0 Å². The van der Waals surface area contributed by atoms with Crippen LogP contribution in [-0.4, -0.2) is 12.2 Å². The first-order valence-corrected chi connectivity index (χ1v) is 8.62. The fraction of sp³-hybridized carbons (Fsp3) is 0.238. The van der Waals surface area contributed by atoms with Gasteiger partial charge in [0.2, 0.25) is 0 Å². The van der Waals surface area contributed by atoms with Crippen LogP contribution >= 0.6 is 0 Å². The standard InChI is InChI=1S/C21H22N2O4/c1-11-8-15(9-12(2)19(11)24)23-18-17(20(25)21(18)26)22-13(3)14-6-5-7-16(10-14)27-4/h5-10,13,22-24H,1-4H3/t13-/m1/s1. The summed E-state index contributed by atoms with van der Waals surface area (Å²) < 4.78 is 5.23. The van der Waals surface area contributed by atoms with Gasteiger partial charge in [-0.15, -0.1) is 0 Å². The number of phenols is 1. The van der Waals surface area contributed by atoms with E-state index >= 15 is 0 Å². The molecule has 0 aliphatic carbocycles. The van der Waals surface area contributed by atoms with Crippen LogP contribution in [0.2, 0.25) is 0 Å². The fourth-order valence-corrected chi connectivity index (χ4v) is 3.03. The van der Waals surface area contributed by atoms with Crippen LogP contribution in [0.15, 0.2) is 46.0 Å². The zero-order valence-electron chi connectivity index (χ0n) is 15.7. The first-order chi connectivity index (χ1) is 12.8. The molecule has 0 fully saturated rings. The molecule has 0 aliphatic rings. The van der Waals surface area contributed by atoms with Gasteiger partial charge in [0.05, 0.1) is 7.11 Å². The van der Waals surface area contributed by atoms with Crippen LogP contribution in [0, 0.1) is 13.8 Å². The van der Waals surface area contributed by atoms with E-state index in [9.17, 15) is 14.7 Å². The molecular formula is C21H22N2O4. The van der Waals surface area contributed by atoms with Gasteiger partial charge in [0.25, 0.3) is 10.9 Å². The van der Waals surface area contributed by atoms with Gasteiger partial charge in [-0.3, -0.25) is 9.59 Å². The van der Waals surface area contributed by atoms with E-state index in [1.807, 2.05) is 31.2 Å². The number of anilines is 3. The summed E-state index contributed by atoms with van der Waals surface area (Å²) in [7, 11) is 1.59. The van der Waals surface area contributed by atoms with Gasteiger partial charge in [-0.2, -0.15) is 0 Å². The van der Waals surface area contributed by atoms with Gasteiger partial charge < -0.3 is 20.5 Å². The number of hydrogen-bond acceptors (Lipinski definition) is 6. The third-order valence-corrected chi connectivity index (χ3v) is 4.63. The molecule has 3 rings (SSSR count). The number of hydrogen-bond donors (Lipinski definition) is 3. The molecule has 27 heavy (non-hydrogen) atoms. The summed E-state index contributed by atoms with van der Waals surface area (Å²) in [5.41, 5.74) is 2.36. The molecule has 0 saturated heterocycles. The monoisotopic (exact) mass is 366 g/mol. The number of nitrogens with one attached hydrogen (secondary N) is 2. The lowest BCUT2D eigenvalue weighted by atomic mass is 10.1. The zero-order chi connectivity index (χ0) is 19.7. The number of benzene rings is 2. The molecule has 0 aliphatic heterocycles. The largest absolute Gasteiger partial charge is 0.507 e. The van der Waals surface area contributed by atoms with Crippen LogP contribution in [0.4, 0.5) is 17.1 Å². The van der Waals surface area contributed by atoms with Crippen LogP contribution in [0.1, 0.15) is 29.7 Å². The predicted molar refractivity (Wildman–Crippen MR) is 107 cm³/mol. The van der Waals surface area contributed by atoms with Crippen molar-refractivity contribution in [2.75, 3.05) is 17.7 Å². The molecule has 0 amide bonds. The molecule has 3 aromatic carbocycles. The SMILES string of the molecule is COc1cccc([C@@H](C)Nc2c(Nc3cc(C)c(O)c(C)c3)c(=O)c2=O)c1. The number of aryl methyl sites for hydroxylation is 2. The van der Waals surface area contributed by atoms with Crippen molar-refractivity contribution >= 4 is 17.1 Å². The van der Waals surface area contributed by atoms with Gasteiger partial charge in [0, 0.05) is 11.7 Å². The van der Waals surface area contributed by atoms with E-state index in [1.54, 1.807) is 33.1 Å². The molecule has 140 valence electrons. The lowest BCUT2D eigenvalue weighted by molar-refractivity contribution is 0.414. The molecule has 1 atom stereocenters. The summed E-state index contributed by atoms with van der Waals surface area (Å²) in [5, 5.41) is 16.0. The average molecular weight is 366 g/mol. The number of ether oxygens (including phenoxy) is 1. The minimum absolute atomic E-state index is 0.188. The van der Waals surface area contributed by atoms with Crippen LogP contribution in [0.25, 0.3) is 0 Å². The Morgan fingerprint density at radius 2 is 1.63 bits per heavy atom. The van der Waals surface area contributed by atoms with Crippen molar-refractivity contribution < 1.29 is 9.84 Å². The molecular weight excluding hydrogens is 344 g/mol. The Bertz CT molecular complexity index is 1040. The van der Waals surface area contributed by atoms with Gasteiger partial charge in [-0.05, 0) is 61.7 Å². The molecule has 6 nitrogen and oxygen atoms in total. The molecule has 3 aromatic rings. The smallest absolute Gasteiger partial charge is 0.253 e. The van der Waals surface area contributed by atoms with Gasteiger partial charge in [-0.1, -0.05) is 12.1 Å². The molecule has 0 unspecified atom stereocenters. The normalized spacial score (nSPS) is 12.0. The van der Waals surface area contributed by atoms with E-state index < -0.39 is 10.9 Å². The Balaban J connectivity index is 1.85. The van der Waals surface area contributed by atoms with Crippen molar-refractivity contribution in [3.05, 3.63) is 73.5 Å². The Kier molecular flexibility index (Phi) is 4.90. The Morgan fingerprint density at radius 1 is 1.00 bits per heavy atom. The molecule has 6 heteroatoms. The summed E-state index contributed by atoms with van der Waals surface area (Å²) in [6.45, 7) is 5.46. The summed E-state index contributed by atoms with van der Waals surface area (Å²) in [5.74, 6) is 0.940. The molecule has 0 saturated carbocycles.